The highest BCUT2D eigenvalue weighted by Gasteiger charge is 2.15. The molecule has 1 heterocycles. The molecule has 0 aliphatic rings. The predicted molar refractivity (Wildman–Crippen MR) is 75.7 cm³/mol. The predicted octanol–water partition coefficient (Wildman–Crippen LogP) is 3.42. The van der Waals surface area contributed by atoms with Gasteiger partial charge in [-0.3, -0.25) is 4.72 Å². The molecule has 0 spiro atoms. The highest BCUT2D eigenvalue weighted by molar-refractivity contribution is 7.93. The van der Waals surface area contributed by atoms with E-state index in [4.69, 9.17) is 0 Å². The minimum Gasteiger partial charge on any atom is -0.270 e. The average Bonchev–Trinajstić information content (AvgIpc) is 2.70. The number of thiophene rings is 1. The Morgan fingerprint density at radius 3 is 2.44 bits per heavy atom. The van der Waals surface area contributed by atoms with Gasteiger partial charge in [-0.1, -0.05) is 25.1 Å². The van der Waals surface area contributed by atoms with Gasteiger partial charge in [-0.2, -0.15) is 0 Å². The number of anilines is 1. The van der Waals surface area contributed by atoms with Crippen molar-refractivity contribution < 1.29 is 8.42 Å². The van der Waals surface area contributed by atoms with Crippen LogP contribution in [0, 0.1) is 6.92 Å². The number of sulfonamides is 1. The standard InChI is InChI=1S/C13H15NO2S2/c1-3-12-10(2)9-13(17-12)14-18(15,16)11-7-5-4-6-8-11/h4-9,14H,3H2,1-2H3. The Balaban J connectivity index is 2.28. The second-order valence-electron chi connectivity index (χ2n) is 3.99. The molecule has 0 atom stereocenters. The number of aryl methyl sites for hydroxylation is 2. The number of benzene rings is 1. The molecule has 0 bridgehead atoms. The molecular formula is C13H15NO2S2. The number of hydrogen-bond donors (Lipinski definition) is 1. The quantitative estimate of drug-likeness (QED) is 0.933. The average molecular weight is 281 g/mol. The maximum Gasteiger partial charge on any atom is 0.262 e. The van der Waals surface area contributed by atoms with Gasteiger partial charge in [0, 0.05) is 4.88 Å². The third-order valence-corrected chi connectivity index (χ3v) is 5.44. The van der Waals surface area contributed by atoms with E-state index in [1.54, 1.807) is 30.3 Å². The van der Waals surface area contributed by atoms with E-state index in [1.807, 2.05) is 13.0 Å². The van der Waals surface area contributed by atoms with Gasteiger partial charge in [0.2, 0.25) is 0 Å². The summed E-state index contributed by atoms with van der Waals surface area (Å²) in [5, 5.41) is 0.674. The fourth-order valence-corrected chi connectivity index (χ4v) is 4.03. The van der Waals surface area contributed by atoms with Crippen LogP contribution in [0.4, 0.5) is 5.00 Å². The molecule has 18 heavy (non-hydrogen) atoms. The molecule has 0 aliphatic heterocycles. The molecule has 2 rings (SSSR count). The SMILES string of the molecule is CCc1sc(NS(=O)(=O)c2ccccc2)cc1C. The highest BCUT2D eigenvalue weighted by atomic mass is 32.2. The molecule has 0 fully saturated rings. The smallest absolute Gasteiger partial charge is 0.262 e. The van der Waals surface area contributed by atoms with Crippen LogP contribution in [0.25, 0.3) is 0 Å². The van der Waals surface area contributed by atoms with Gasteiger partial charge in [-0.15, -0.1) is 11.3 Å². The summed E-state index contributed by atoms with van der Waals surface area (Å²) in [5.41, 5.74) is 1.13. The van der Waals surface area contributed by atoms with Gasteiger partial charge in [-0.25, -0.2) is 8.42 Å². The molecule has 1 aromatic heterocycles. The minimum atomic E-state index is -3.46. The first-order chi connectivity index (χ1) is 8.53. The Hall–Kier alpha value is -1.33. The lowest BCUT2D eigenvalue weighted by Gasteiger charge is -2.05. The molecule has 1 aromatic carbocycles. The van der Waals surface area contributed by atoms with Crippen molar-refractivity contribution in [2.75, 3.05) is 4.72 Å². The largest absolute Gasteiger partial charge is 0.270 e. The fraction of sp³-hybridized carbons (Fsp3) is 0.231. The summed E-state index contributed by atoms with van der Waals surface area (Å²) in [7, 11) is -3.46. The van der Waals surface area contributed by atoms with Gasteiger partial charge >= 0.3 is 0 Å². The lowest BCUT2D eigenvalue weighted by molar-refractivity contribution is 0.601. The summed E-state index contributed by atoms with van der Waals surface area (Å²) < 4.78 is 26.8. The first-order valence-electron chi connectivity index (χ1n) is 5.70. The van der Waals surface area contributed by atoms with Crippen molar-refractivity contribution in [2.24, 2.45) is 0 Å². The van der Waals surface area contributed by atoms with E-state index in [1.165, 1.54) is 16.2 Å². The van der Waals surface area contributed by atoms with Crippen molar-refractivity contribution in [3.8, 4) is 0 Å². The van der Waals surface area contributed by atoms with Crippen molar-refractivity contribution >= 4 is 26.4 Å². The van der Waals surface area contributed by atoms with Crippen LogP contribution in [0.3, 0.4) is 0 Å². The van der Waals surface area contributed by atoms with Gasteiger partial charge in [0.1, 0.15) is 5.00 Å². The van der Waals surface area contributed by atoms with Crippen LogP contribution in [0.2, 0.25) is 0 Å². The van der Waals surface area contributed by atoms with Gasteiger partial charge in [-0.05, 0) is 37.1 Å². The van der Waals surface area contributed by atoms with Crippen LogP contribution >= 0.6 is 11.3 Å². The molecule has 0 radical (unpaired) electrons. The van der Waals surface area contributed by atoms with Crippen LogP contribution < -0.4 is 4.72 Å². The first kappa shape index (κ1) is 13.1. The lowest BCUT2D eigenvalue weighted by Crippen LogP contribution is -2.11. The Labute approximate surface area is 112 Å². The zero-order valence-corrected chi connectivity index (χ0v) is 11.9. The zero-order chi connectivity index (χ0) is 13.2. The van der Waals surface area contributed by atoms with Crippen molar-refractivity contribution in [3.63, 3.8) is 0 Å². The summed E-state index contributed by atoms with van der Waals surface area (Å²) in [6.45, 7) is 4.06. The molecular weight excluding hydrogens is 266 g/mol. The second kappa shape index (κ2) is 5.12. The van der Waals surface area contributed by atoms with Gasteiger partial charge in [0.25, 0.3) is 10.0 Å². The highest BCUT2D eigenvalue weighted by Crippen LogP contribution is 2.28. The van der Waals surface area contributed by atoms with E-state index < -0.39 is 10.0 Å². The third kappa shape index (κ3) is 2.73. The fourth-order valence-electron chi connectivity index (χ4n) is 1.71. The van der Waals surface area contributed by atoms with Crippen molar-refractivity contribution in [1.29, 1.82) is 0 Å². The summed E-state index contributed by atoms with van der Waals surface area (Å²) >= 11 is 1.49. The Kier molecular flexibility index (Phi) is 3.73. The Morgan fingerprint density at radius 1 is 1.22 bits per heavy atom. The molecule has 5 heteroatoms. The van der Waals surface area contributed by atoms with Gasteiger partial charge in [0.05, 0.1) is 4.90 Å². The Bertz CT molecular complexity index is 630. The topological polar surface area (TPSA) is 46.2 Å². The van der Waals surface area contributed by atoms with Crippen LogP contribution in [0.15, 0.2) is 41.3 Å². The molecule has 1 N–H and O–H groups in total. The number of rotatable bonds is 4. The monoisotopic (exact) mass is 281 g/mol. The normalized spacial score (nSPS) is 11.4. The van der Waals surface area contributed by atoms with Crippen molar-refractivity contribution in [1.82, 2.24) is 0 Å². The third-order valence-electron chi connectivity index (χ3n) is 2.63. The van der Waals surface area contributed by atoms with Crippen LogP contribution in [0.1, 0.15) is 17.4 Å². The number of nitrogens with one attached hydrogen (secondary N) is 1. The van der Waals surface area contributed by atoms with Crippen molar-refractivity contribution in [3.05, 3.63) is 46.8 Å². The summed E-state index contributed by atoms with van der Waals surface area (Å²) in [5.74, 6) is 0. The molecule has 0 saturated carbocycles. The summed E-state index contributed by atoms with van der Waals surface area (Å²) in [4.78, 5) is 1.50. The summed E-state index contributed by atoms with van der Waals surface area (Å²) in [6.07, 6.45) is 0.920. The number of hydrogen-bond acceptors (Lipinski definition) is 3. The van der Waals surface area contributed by atoms with Gasteiger partial charge < -0.3 is 0 Å². The van der Waals surface area contributed by atoms with Crippen LogP contribution in [-0.2, 0) is 16.4 Å². The molecule has 0 saturated heterocycles. The molecule has 96 valence electrons. The van der Waals surface area contributed by atoms with E-state index in [0.717, 1.165) is 12.0 Å². The van der Waals surface area contributed by atoms with E-state index >= 15 is 0 Å². The Morgan fingerprint density at radius 2 is 1.89 bits per heavy atom. The molecule has 0 aliphatic carbocycles. The molecule has 0 unspecified atom stereocenters. The van der Waals surface area contributed by atoms with Crippen LogP contribution in [0.5, 0.6) is 0 Å². The van der Waals surface area contributed by atoms with E-state index in [2.05, 4.69) is 11.6 Å². The second-order valence-corrected chi connectivity index (χ2v) is 6.81. The van der Waals surface area contributed by atoms with Gasteiger partial charge in [0.15, 0.2) is 0 Å². The lowest BCUT2D eigenvalue weighted by atomic mass is 10.2. The first-order valence-corrected chi connectivity index (χ1v) is 8.00. The van der Waals surface area contributed by atoms with E-state index in [9.17, 15) is 8.42 Å². The molecule has 3 nitrogen and oxygen atoms in total. The van der Waals surface area contributed by atoms with E-state index in [0.29, 0.717) is 5.00 Å². The minimum absolute atomic E-state index is 0.286. The van der Waals surface area contributed by atoms with Crippen molar-refractivity contribution in [2.45, 2.75) is 25.2 Å². The molecule has 0 amide bonds. The summed E-state index contributed by atoms with van der Waals surface area (Å²) in [6, 6.07) is 10.3. The maximum atomic E-state index is 12.1. The maximum absolute atomic E-state index is 12.1. The van der Waals surface area contributed by atoms with Crippen LogP contribution in [-0.4, -0.2) is 8.42 Å². The molecule has 2 aromatic rings. The van der Waals surface area contributed by atoms with E-state index in [-0.39, 0.29) is 4.90 Å². The zero-order valence-electron chi connectivity index (χ0n) is 10.3.